The molecule has 0 aliphatic rings. The van der Waals surface area contributed by atoms with Crippen LogP contribution in [0, 0.1) is 6.92 Å². The molecular weight excluding hydrogens is 164 g/mol. The Labute approximate surface area is 69.8 Å². The van der Waals surface area contributed by atoms with Crippen molar-refractivity contribution in [1.29, 1.82) is 0 Å². The van der Waals surface area contributed by atoms with Gasteiger partial charge in [-0.1, -0.05) is 11.6 Å². The van der Waals surface area contributed by atoms with Crippen molar-refractivity contribution >= 4 is 24.2 Å². The molecular formula is C6H7BClNO2. The van der Waals surface area contributed by atoms with E-state index in [0.29, 0.717) is 10.7 Å². The Hall–Kier alpha value is -0.575. The Morgan fingerprint density at radius 2 is 2.18 bits per heavy atom. The lowest BCUT2D eigenvalue weighted by molar-refractivity contribution is 0.425. The number of hydrogen-bond donors (Lipinski definition) is 2. The molecule has 58 valence electrons. The molecule has 2 N–H and O–H groups in total. The molecule has 0 saturated heterocycles. The lowest BCUT2D eigenvalue weighted by atomic mass is 9.79. The van der Waals surface area contributed by atoms with E-state index in [2.05, 4.69) is 4.98 Å². The van der Waals surface area contributed by atoms with Crippen LogP contribution in [-0.2, 0) is 0 Å². The lowest BCUT2D eigenvalue weighted by Crippen LogP contribution is -2.33. The lowest BCUT2D eigenvalue weighted by Gasteiger charge is -2.04. The van der Waals surface area contributed by atoms with Crippen LogP contribution in [0.5, 0.6) is 0 Å². The van der Waals surface area contributed by atoms with Gasteiger partial charge in [0.1, 0.15) is 0 Å². The third-order valence-corrected chi connectivity index (χ3v) is 1.72. The monoisotopic (exact) mass is 171 g/mol. The molecule has 0 saturated carbocycles. The van der Waals surface area contributed by atoms with Gasteiger partial charge in [-0.2, -0.15) is 0 Å². The predicted octanol–water partition coefficient (Wildman–Crippen LogP) is -0.277. The summed E-state index contributed by atoms with van der Waals surface area (Å²) in [4.78, 5) is 3.86. The Balaban J connectivity index is 3.21. The highest BCUT2D eigenvalue weighted by molar-refractivity contribution is 6.63. The normalized spacial score (nSPS) is 9.82. The van der Waals surface area contributed by atoms with Crippen LogP contribution >= 0.6 is 11.6 Å². The van der Waals surface area contributed by atoms with Crippen molar-refractivity contribution in [1.82, 2.24) is 4.98 Å². The molecule has 1 aromatic rings. The zero-order valence-electron chi connectivity index (χ0n) is 5.95. The van der Waals surface area contributed by atoms with Crippen LogP contribution in [-0.4, -0.2) is 22.2 Å². The number of aromatic nitrogens is 1. The average Bonchev–Trinajstić information content (AvgIpc) is 1.85. The molecule has 0 unspecified atom stereocenters. The summed E-state index contributed by atoms with van der Waals surface area (Å²) in [6, 6.07) is 1.52. The van der Waals surface area contributed by atoms with Gasteiger partial charge in [0.25, 0.3) is 0 Å². The van der Waals surface area contributed by atoms with Gasteiger partial charge in [-0.25, -0.2) is 0 Å². The first-order valence-corrected chi connectivity index (χ1v) is 3.48. The minimum atomic E-state index is -1.55. The Morgan fingerprint density at radius 1 is 1.55 bits per heavy atom. The summed E-state index contributed by atoms with van der Waals surface area (Å²) >= 11 is 5.66. The van der Waals surface area contributed by atoms with Crippen LogP contribution in [0.4, 0.5) is 0 Å². The van der Waals surface area contributed by atoms with Crippen LogP contribution in [0.1, 0.15) is 5.69 Å². The van der Waals surface area contributed by atoms with Gasteiger partial charge < -0.3 is 10.0 Å². The second kappa shape index (κ2) is 3.22. The molecule has 0 atom stereocenters. The zero-order valence-corrected chi connectivity index (χ0v) is 6.71. The molecule has 1 heterocycles. The summed E-state index contributed by atoms with van der Waals surface area (Å²) in [7, 11) is -1.55. The van der Waals surface area contributed by atoms with Crippen molar-refractivity contribution in [3.63, 3.8) is 0 Å². The molecule has 3 nitrogen and oxygen atoms in total. The smallest absolute Gasteiger partial charge is 0.423 e. The largest absolute Gasteiger partial charge is 0.491 e. The minimum Gasteiger partial charge on any atom is -0.423 e. The van der Waals surface area contributed by atoms with Crippen molar-refractivity contribution in [3.8, 4) is 0 Å². The van der Waals surface area contributed by atoms with E-state index < -0.39 is 7.12 Å². The SMILES string of the molecule is Cc1nccc(Cl)c1B(O)O. The molecule has 0 spiro atoms. The fourth-order valence-corrected chi connectivity index (χ4v) is 1.15. The molecule has 5 heteroatoms. The van der Waals surface area contributed by atoms with Gasteiger partial charge in [-0.15, -0.1) is 0 Å². The van der Waals surface area contributed by atoms with E-state index >= 15 is 0 Å². The summed E-state index contributed by atoms with van der Waals surface area (Å²) in [5.74, 6) is 0. The Bertz CT molecular complexity index is 247. The zero-order chi connectivity index (χ0) is 8.43. The fraction of sp³-hybridized carbons (Fsp3) is 0.167. The van der Waals surface area contributed by atoms with E-state index in [9.17, 15) is 0 Å². The molecule has 1 aromatic heterocycles. The topological polar surface area (TPSA) is 53.4 Å². The number of pyridine rings is 1. The van der Waals surface area contributed by atoms with E-state index in [0.717, 1.165) is 0 Å². The van der Waals surface area contributed by atoms with Crippen LogP contribution in [0.15, 0.2) is 12.3 Å². The first kappa shape index (κ1) is 8.52. The summed E-state index contributed by atoms with van der Waals surface area (Å²) in [6.45, 7) is 1.67. The van der Waals surface area contributed by atoms with Gasteiger partial charge in [-0.05, 0) is 13.0 Å². The number of hydrogen-bond acceptors (Lipinski definition) is 3. The quantitative estimate of drug-likeness (QED) is 0.572. The minimum absolute atomic E-state index is 0.272. The van der Waals surface area contributed by atoms with E-state index in [1.165, 1.54) is 12.3 Å². The molecule has 1 rings (SSSR count). The molecule has 0 amide bonds. The highest BCUT2D eigenvalue weighted by Gasteiger charge is 2.17. The molecule has 0 aliphatic heterocycles. The van der Waals surface area contributed by atoms with Gasteiger partial charge in [0.2, 0.25) is 0 Å². The van der Waals surface area contributed by atoms with E-state index in [-0.39, 0.29) is 5.46 Å². The third kappa shape index (κ3) is 1.71. The van der Waals surface area contributed by atoms with Gasteiger partial charge in [0, 0.05) is 22.4 Å². The molecule has 0 aromatic carbocycles. The Kier molecular flexibility index (Phi) is 2.49. The molecule has 0 aliphatic carbocycles. The summed E-state index contributed by atoms with van der Waals surface area (Å²) < 4.78 is 0. The third-order valence-electron chi connectivity index (χ3n) is 1.39. The number of aryl methyl sites for hydroxylation is 1. The first-order chi connectivity index (χ1) is 5.13. The average molecular weight is 171 g/mol. The molecule has 11 heavy (non-hydrogen) atoms. The Morgan fingerprint density at radius 3 is 2.55 bits per heavy atom. The van der Waals surface area contributed by atoms with Crippen LogP contribution in [0.25, 0.3) is 0 Å². The van der Waals surface area contributed by atoms with Crippen molar-refractivity contribution in [2.45, 2.75) is 6.92 Å². The molecule has 0 fully saturated rings. The first-order valence-electron chi connectivity index (χ1n) is 3.10. The van der Waals surface area contributed by atoms with Crippen molar-refractivity contribution in [3.05, 3.63) is 23.0 Å². The van der Waals surface area contributed by atoms with E-state index in [1.807, 2.05) is 0 Å². The molecule has 0 bridgehead atoms. The standard InChI is InChI=1S/C6H7BClNO2/c1-4-6(7(10)11)5(8)2-3-9-4/h2-3,10-11H,1H3. The van der Waals surface area contributed by atoms with Gasteiger partial charge in [0.05, 0.1) is 0 Å². The maximum absolute atomic E-state index is 8.82. The maximum atomic E-state index is 8.82. The number of nitrogens with zero attached hydrogens (tertiary/aromatic N) is 1. The second-order valence-electron chi connectivity index (χ2n) is 2.17. The van der Waals surface area contributed by atoms with Crippen LogP contribution in [0.2, 0.25) is 5.02 Å². The van der Waals surface area contributed by atoms with Gasteiger partial charge >= 0.3 is 7.12 Å². The van der Waals surface area contributed by atoms with Gasteiger partial charge in [0.15, 0.2) is 0 Å². The summed E-state index contributed by atoms with van der Waals surface area (Å²) in [6.07, 6.45) is 1.52. The maximum Gasteiger partial charge on any atom is 0.491 e. The number of rotatable bonds is 1. The summed E-state index contributed by atoms with van der Waals surface area (Å²) in [5.41, 5.74) is 0.807. The van der Waals surface area contributed by atoms with Crippen molar-refractivity contribution in [2.24, 2.45) is 0 Å². The fourth-order valence-electron chi connectivity index (χ4n) is 0.857. The second-order valence-corrected chi connectivity index (χ2v) is 2.57. The summed E-state index contributed by atoms with van der Waals surface area (Å²) in [5, 5.41) is 18.0. The predicted molar refractivity (Wildman–Crippen MR) is 43.8 cm³/mol. The van der Waals surface area contributed by atoms with E-state index in [1.54, 1.807) is 6.92 Å². The van der Waals surface area contributed by atoms with Crippen molar-refractivity contribution < 1.29 is 10.0 Å². The highest BCUT2D eigenvalue weighted by Crippen LogP contribution is 2.05. The van der Waals surface area contributed by atoms with Crippen LogP contribution < -0.4 is 5.46 Å². The van der Waals surface area contributed by atoms with Gasteiger partial charge in [-0.3, -0.25) is 4.98 Å². The number of halogens is 1. The van der Waals surface area contributed by atoms with Crippen LogP contribution in [0.3, 0.4) is 0 Å². The molecule has 0 radical (unpaired) electrons. The van der Waals surface area contributed by atoms with E-state index in [4.69, 9.17) is 21.6 Å². The highest BCUT2D eigenvalue weighted by atomic mass is 35.5. The van der Waals surface area contributed by atoms with Crippen molar-refractivity contribution in [2.75, 3.05) is 0 Å².